The molecule has 6 heteroatoms. The standard InChI is InChI=1S/C15H26N2O4/c1-10(2)15(12(18)19)5-7-17(9-15)13(20)16-14(4)6-8-21-11(14)3/h10-11H,5-9H2,1-4H3,(H,16,20)(H,18,19). The van der Waals surface area contributed by atoms with Gasteiger partial charge in [0.25, 0.3) is 0 Å². The molecule has 2 rings (SSSR count). The second kappa shape index (κ2) is 5.48. The minimum absolute atomic E-state index is 0.00266. The van der Waals surface area contributed by atoms with Gasteiger partial charge in [-0.05, 0) is 32.6 Å². The molecule has 2 N–H and O–H groups in total. The van der Waals surface area contributed by atoms with Gasteiger partial charge in [0.05, 0.1) is 17.1 Å². The van der Waals surface area contributed by atoms with Gasteiger partial charge in [-0.25, -0.2) is 4.79 Å². The van der Waals surface area contributed by atoms with Crippen molar-refractivity contribution in [2.45, 2.75) is 52.2 Å². The summed E-state index contributed by atoms with van der Waals surface area (Å²) in [5, 5.41) is 12.6. The van der Waals surface area contributed by atoms with Crippen LogP contribution < -0.4 is 5.32 Å². The lowest BCUT2D eigenvalue weighted by atomic mass is 9.76. The Morgan fingerprint density at radius 3 is 2.48 bits per heavy atom. The Bertz CT molecular complexity index is 439. The quantitative estimate of drug-likeness (QED) is 0.831. The minimum Gasteiger partial charge on any atom is -0.481 e. The highest BCUT2D eigenvalue weighted by atomic mass is 16.5. The summed E-state index contributed by atoms with van der Waals surface area (Å²) in [5.74, 6) is -0.811. The molecule has 3 atom stereocenters. The molecule has 2 aliphatic heterocycles. The monoisotopic (exact) mass is 298 g/mol. The van der Waals surface area contributed by atoms with Crippen molar-refractivity contribution in [1.82, 2.24) is 10.2 Å². The number of amides is 2. The largest absolute Gasteiger partial charge is 0.481 e. The van der Waals surface area contributed by atoms with Crippen LogP contribution in [-0.4, -0.2) is 53.3 Å². The fourth-order valence-electron chi connectivity index (χ4n) is 3.22. The van der Waals surface area contributed by atoms with Crippen molar-refractivity contribution in [2.75, 3.05) is 19.7 Å². The zero-order valence-corrected chi connectivity index (χ0v) is 13.3. The van der Waals surface area contributed by atoms with Crippen molar-refractivity contribution in [3.8, 4) is 0 Å². The predicted octanol–water partition coefficient (Wildman–Crippen LogP) is 1.70. The highest BCUT2D eigenvalue weighted by Crippen LogP contribution is 2.38. The van der Waals surface area contributed by atoms with E-state index in [-0.39, 0.29) is 30.1 Å². The fraction of sp³-hybridized carbons (Fsp3) is 0.867. The number of ether oxygens (including phenoxy) is 1. The molecule has 2 heterocycles. The molecule has 21 heavy (non-hydrogen) atoms. The number of hydrogen-bond acceptors (Lipinski definition) is 3. The number of urea groups is 1. The molecule has 6 nitrogen and oxygen atoms in total. The molecule has 0 aliphatic carbocycles. The van der Waals surface area contributed by atoms with E-state index in [1.165, 1.54) is 0 Å². The number of carbonyl (C=O) groups excluding carboxylic acids is 1. The molecule has 2 fully saturated rings. The Labute approximate surface area is 125 Å². The van der Waals surface area contributed by atoms with Crippen molar-refractivity contribution < 1.29 is 19.4 Å². The Morgan fingerprint density at radius 2 is 2.05 bits per heavy atom. The van der Waals surface area contributed by atoms with Gasteiger partial charge in [0, 0.05) is 19.7 Å². The van der Waals surface area contributed by atoms with Crippen LogP contribution in [0.1, 0.15) is 40.5 Å². The second-order valence-corrected chi connectivity index (χ2v) is 6.90. The smallest absolute Gasteiger partial charge is 0.317 e. The van der Waals surface area contributed by atoms with Crippen molar-refractivity contribution in [3.63, 3.8) is 0 Å². The molecule has 3 unspecified atom stereocenters. The van der Waals surface area contributed by atoms with E-state index in [9.17, 15) is 14.7 Å². The van der Waals surface area contributed by atoms with Gasteiger partial charge in [-0.1, -0.05) is 13.8 Å². The minimum atomic E-state index is -0.823. The van der Waals surface area contributed by atoms with E-state index in [4.69, 9.17) is 4.74 Å². The van der Waals surface area contributed by atoms with Crippen LogP contribution in [0.3, 0.4) is 0 Å². The summed E-state index contributed by atoms with van der Waals surface area (Å²) in [6.07, 6.45) is 1.26. The lowest BCUT2D eigenvalue weighted by Crippen LogP contribution is -2.55. The predicted molar refractivity (Wildman–Crippen MR) is 78.1 cm³/mol. The van der Waals surface area contributed by atoms with E-state index < -0.39 is 11.4 Å². The Morgan fingerprint density at radius 1 is 1.38 bits per heavy atom. The normalized spacial score (nSPS) is 36.2. The number of carboxylic acids is 1. The fourth-order valence-corrected chi connectivity index (χ4v) is 3.22. The first-order chi connectivity index (χ1) is 9.71. The zero-order chi connectivity index (χ0) is 15.8. The molecule has 120 valence electrons. The molecule has 0 bridgehead atoms. The van der Waals surface area contributed by atoms with Gasteiger partial charge in [0.2, 0.25) is 0 Å². The third-order valence-corrected chi connectivity index (χ3v) is 5.40. The number of rotatable bonds is 3. The van der Waals surface area contributed by atoms with Crippen LogP contribution in [-0.2, 0) is 9.53 Å². The molecular formula is C15H26N2O4. The maximum Gasteiger partial charge on any atom is 0.317 e. The van der Waals surface area contributed by atoms with Gasteiger partial charge in [-0.3, -0.25) is 4.79 Å². The lowest BCUT2D eigenvalue weighted by molar-refractivity contribution is -0.150. The maximum atomic E-state index is 12.5. The first kappa shape index (κ1) is 16.1. The van der Waals surface area contributed by atoms with E-state index in [0.717, 1.165) is 6.42 Å². The Hall–Kier alpha value is -1.30. The topological polar surface area (TPSA) is 78.9 Å². The summed E-state index contributed by atoms with van der Waals surface area (Å²) in [5.41, 5.74) is -1.20. The van der Waals surface area contributed by atoms with E-state index in [1.54, 1.807) is 4.90 Å². The highest BCUT2D eigenvalue weighted by molar-refractivity contribution is 5.80. The van der Waals surface area contributed by atoms with Gasteiger partial charge in [0.1, 0.15) is 0 Å². The Kier molecular flexibility index (Phi) is 4.19. The maximum absolute atomic E-state index is 12.5. The molecule has 0 aromatic rings. The molecule has 0 radical (unpaired) electrons. The molecule has 0 saturated carbocycles. The van der Waals surface area contributed by atoms with Crippen molar-refractivity contribution in [2.24, 2.45) is 11.3 Å². The number of hydrogen-bond donors (Lipinski definition) is 2. The third kappa shape index (κ3) is 2.73. The average molecular weight is 298 g/mol. The average Bonchev–Trinajstić information content (AvgIpc) is 2.96. The summed E-state index contributed by atoms with van der Waals surface area (Å²) in [7, 11) is 0. The lowest BCUT2D eigenvalue weighted by Gasteiger charge is -2.32. The van der Waals surface area contributed by atoms with E-state index in [2.05, 4.69) is 5.32 Å². The Balaban J connectivity index is 2.04. The van der Waals surface area contributed by atoms with Crippen LogP contribution in [0, 0.1) is 11.3 Å². The summed E-state index contributed by atoms with van der Waals surface area (Å²) in [6.45, 7) is 9.15. The van der Waals surface area contributed by atoms with E-state index in [1.807, 2.05) is 27.7 Å². The van der Waals surface area contributed by atoms with Crippen molar-refractivity contribution in [1.29, 1.82) is 0 Å². The van der Waals surface area contributed by atoms with Crippen LogP contribution in [0.2, 0.25) is 0 Å². The number of carboxylic acid groups (broad SMARTS) is 1. The van der Waals surface area contributed by atoms with Crippen LogP contribution in [0.25, 0.3) is 0 Å². The SMILES string of the molecule is CC1OCCC1(C)NC(=O)N1CCC(C(=O)O)(C(C)C)C1. The molecule has 2 aliphatic rings. The van der Waals surface area contributed by atoms with Gasteiger partial charge in [0.15, 0.2) is 0 Å². The van der Waals surface area contributed by atoms with Gasteiger partial charge >= 0.3 is 12.0 Å². The first-order valence-electron chi connectivity index (χ1n) is 7.63. The zero-order valence-electron chi connectivity index (χ0n) is 13.3. The van der Waals surface area contributed by atoms with Gasteiger partial charge in [-0.2, -0.15) is 0 Å². The number of likely N-dealkylation sites (tertiary alicyclic amines) is 1. The number of carbonyl (C=O) groups is 2. The molecule has 0 aromatic carbocycles. The molecular weight excluding hydrogens is 272 g/mol. The van der Waals surface area contributed by atoms with Crippen molar-refractivity contribution in [3.05, 3.63) is 0 Å². The summed E-state index contributed by atoms with van der Waals surface area (Å²) in [6, 6.07) is -0.182. The van der Waals surface area contributed by atoms with Crippen LogP contribution in [0.15, 0.2) is 0 Å². The van der Waals surface area contributed by atoms with E-state index in [0.29, 0.717) is 19.6 Å². The molecule has 2 saturated heterocycles. The van der Waals surface area contributed by atoms with Crippen LogP contribution >= 0.6 is 0 Å². The number of aliphatic carboxylic acids is 1. The number of nitrogens with one attached hydrogen (secondary N) is 1. The van der Waals surface area contributed by atoms with Crippen LogP contribution in [0.5, 0.6) is 0 Å². The molecule has 0 spiro atoms. The summed E-state index contributed by atoms with van der Waals surface area (Å²) < 4.78 is 5.52. The third-order valence-electron chi connectivity index (χ3n) is 5.40. The summed E-state index contributed by atoms with van der Waals surface area (Å²) in [4.78, 5) is 25.7. The van der Waals surface area contributed by atoms with Crippen LogP contribution in [0.4, 0.5) is 4.79 Å². The van der Waals surface area contributed by atoms with Gasteiger partial charge < -0.3 is 20.1 Å². The first-order valence-corrected chi connectivity index (χ1v) is 7.63. The molecule has 2 amide bonds. The second-order valence-electron chi connectivity index (χ2n) is 6.90. The van der Waals surface area contributed by atoms with E-state index >= 15 is 0 Å². The molecule has 0 aromatic heterocycles. The number of nitrogens with zero attached hydrogens (tertiary/aromatic N) is 1. The van der Waals surface area contributed by atoms with Gasteiger partial charge in [-0.15, -0.1) is 0 Å². The summed E-state index contributed by atoms with van der Waals surface area (Å²) >= 11 is 0. The van der Waals surface area contributed by atoms with Crippen molar-refractivity contribution >= 4 is 12.0 Å². The highest BCUT2D eigenvalue weighted by Gasteiger charge is 2.49.